The van der Waals surface area contributed by atoms with Crippen LogP contribution in [0.1, 0.15) is 71.1 Å². The van der Waals surface area contributed by atoms with E-state index in [-0.39, 0.29) is 17.9 Å². The summed E-state index contributed by atoms with van der Waals surface area (Å²) < 4.78 is -0.128. The molecule has 142 valence electrons. The molecule has 0 bridgehead atoms. The highest BCUT2D eigenvalue weighted by atomic mass is 16.5. The highest BCUT2D eigenvalue weighted by Gasteiger charge is 2.00. The van der Waals surface area contributed by atoms with Gasteiger partial charge >= 0.3 is 0 Å². The summed E-state index contributed by atoms with van der Waals surface area (Å²) in [7, 11) is 3.46. The van der Waals surface area contributed by atoms with Gasteiger partial charge in [-0.1, -0.05) is 58.3 Å². The standard InChI is InChI=1S/C14H31NO.C4H11NO2/c1-4-5-6-7-8-9-10-11-12-13-14-15(2,3)16;6-3-1-5-2-4-7/h4-14H2,1-3H3;5-7H,1-4H2. The lowest BCUT2D eigenvalue weighted by Crippen LogP contribution is -2.32. The molecule has 0 unspecified atom stereocenters. The van der Waals surface area contributed by atoms with E-state index in [0.29, 0.717) is 13.1 Å². The summed E-state index contributed by atoms with van der Waals surface area (Å²) in [5.74, 6) is 0. The fourth-order valence-corrected chi connectivity index (χ4v) is 2.26. The minimum atomic E-state index is -0.128. The first kappa shape index (κ1) is 25.0. The molecule has 0 aliphatic carbocycles. The van der Waals surface area contributed by atoms with Crippen LogP contribution in [0.3, 0.4) is 0 Å². The van der Waals surface area contributed by atoms with Crippen LogP contribution in [-0.2, 0) is 0 Å². The van der Waals surface area contributed by atoms with Crippen molar-refractivity contribution < 1.29 is 14.9 Å². The van der Waals surface area contributed by atoms with Gasteiger partial charge in [0.25, 0.3) is 0 Å². The van der Waals surface area contributed by atoms with Crippen LogP contribution >= 0.6 is 0 Å². The van der Waals surface area contributed by atoms with Gasteiger partial charge in [0, 0.05) is 13.1 Å². The van der Waals surface area contributed by atoms with E-state index in [2.05, 4.69) is 12.2 Å². The van der Waals surface area contributed by atoms with Gasteiger partial charge in [-0.2, -0.15) is 0 Å². The van der Waals surface area contributed by atoms with Crippen molar-refractivity contribution in [2.24, 2.45) is 0 Å². The number of aliphatic hydroxyl groups excluding tert-OH is 2. The fraction of sp³-hybridized carbons (Fsp3) is 1.00. The predicted molar refractivity (Wildman–Crippen MR) is 99.2 cm³/mol. The van der Waals surface area contributed by atoms with Crippen molar-refractivity contribution in [1.82, 2.24) is 5.32 Å². The first-order valence-corrected chi connectivity index (χ1v) is 9.44. The second kappa shape index (κ2) is 19.8. The van der Waals surface area contributed by atoms with Gasteiger partial charge in [0.15, 0.2) is 0 Å². The van der Waals surface area contributed by atoms with E-state index >= 15 is 0 Å². The summed E-state index contributed by atoms with van der Waals surface area (Å²) in [5.41, 5.74) is 0. The first-order valence-electron chi connectivity index (χ1n) is 9.44. The topological polar surface area (TPSA) is 75.5 Å². The Labute approximate surface area is 144 Å². The van der Waals surface area contributed by atoms with E-state index in [9.17, 15) is 5.21 Å². The molecule has 0 aliphatic heterocycles. The molecule has 0 radical (unpaired) electrons. The lowest BCUT2D eigenvalue weighted by Gasteiger charge is -2.33. The molecular weight excluding hydrogens is 292 g/mol. The molecule has 0 spiro atoms. The van der Waals surface area contributed by atoms with E-state index in [4.69, 9.17) is 10.2 Å². The van der Waals surface area contributed by atoms with Gasteiger partial charge in [0.1, 0.15) is 0 Å². The minimum Gasteiger partial charge on any atom is -0.633 e. The van der Waals surface area contributed by atoms with E-state index < -0.39 is 0 Å². The van der Waals surface area contributed by atoms with Crippen LogP contribution in [0.25, 0.3) is 0 Å². The van der Waals surface area contributed by atoms with Crippen LogP contribution < -0.4 is 5.32 Å². The molecule has 0 fully saturated rings. The Kier molecular flexibility index (Phi) is 21.6. The van der Waals surface area contributed by atoms with Crippen molar-refractivity contribution >= 4 is 0 Å². The van der Waals surface area contributed by atoms with Crippen LogP contribution in [0.15, 0.2) is 0 Å². The molecule has 0 atom stereocenters. The number of hydrogen-bond acceptors (Lipinski definition) is 4. The SMILES string of the molecule is CCCCCCCCCCCC[N+](C)(C)[O-].OCCNCCO. The van der Waals surface area contributed by atoms with Crippen molar-refractivity contribution in [3.05, 3.63) is 5.21 Å². The molecule has 3 N–H and O–H groups in total. The maximum Gasteiger partial charge on any atom is 0.0779 e. The Hall–Kier alpha value is -0.200. The van der Waals surface area contributed by atoms with Crippen molar-refractivity contribution in [2.45, 2.75) is 71.1 Å². The molecule has 0 aromatic carbocycles. The maximum absolute atomic E-state index is 11.3. The lowest BCUT2D eigenvalue weighted by molar-refractivity contribution is -0.840. The number of unbranched alkanes of at least 4 members (excludes halogenated alkanes) is 9. The summed E-state index contributed by atoms with van der Waals surface area (Å²) in [6.45, 7) is 4.45. The van der Waals surface area contributed by atoms with Gasteiger partial charge in [-0.25, -0.2) is 0 Å². The first-order chi connectivity index (χ1) is 11.0. The van der Waals surface area contributed by atoms with Crippen LogP contribution in [-0.4, -0.2) is 61.8 Å². The monoisotopic (exact) mass is 334 g/mol. The number of aliphatic hydroxyl groups is 2. The predicted octanol–water partition coefficient (Wildman–Crippen LogP) is 3.04. The second-order valence-electron chi connectivity index (χ2n) is 6.68. The third kappa shape index (κ3) is 30.3. The zero-order chi connectivity index (χ0) is 17.8. The summed E-state index contributed by atoms with van der Waals surface area (Å²) in [5, 5.41) is 30.4. The van der Waals surface area contributed by atoms with Crippen molar-refractivity contribution in [3.63, 3.8) is 0 Å². The molecule has 0 saturated carbocycles. The molecule has 0 aliphatic rings. The van der Waals surface area contributed by atoms with Gasteiger partial charge in [0.2, 0.25) is 0 Å². The molecule has 5 nitrogen and oxygen atoms in total. The molecule has 0 heterocycles. The zero-order valence-corrected chi connectivity index (χ0v) is 15.9. The molecule has 23 heavy (non-hydrogen) atoms. The fourth-order valence-electron chi connectivity index (χ4n) is 2.26. The highest BCUT2D eigenvalue weighted by Crippen LogP contribution is 2.11. The zero-order valence-electron chi connectivity index (χ0n) is 15.9. The normalized spacial score (nSPS) is 11.2. The highest BCUT2D eigenvalue weighted by molar-refractivity contribution is 4.47. The molecule has 0 saturated heterocycles. The van der Waals surface area contributed by atoms with E-state index in [1.807, 2.05) is 0 Å². The number of nitrogens with zero attached hydrogens (tertiary/aromatic N) is 1. The van der Waals surface area contributed by atoms with E-state index in [1.165, 1.54) is 57.8 Å². The summed E-state index contributed by atoms with van der Waals surface area (Å²) in [6.07, 6.45) is 13.4. The van der Waals surface area contributed by atoms with Crippen molar-refractivity contribution in [1.29, 1.82) is 0 Å². The van der Waals surface area contributed by atoms with E-state index in [0.717, 1.165) is 13.0 Å². The average Bonchev–Trinajstić information content (AvgIpc) is 2.49. The van der Waals surface area contributed by atoms with Crippen LogP contribution in [0.2, 0.25) is 0 Å². The molecule has 5 heteroatoms. The van der Waals surface area contributed by atoms with Crippen LogP contribution in [0.5, 0.6) is 0 Å². The Bertz CT molecular complexity index is 205. The Balaban J connectivity index is 0. The number of nitrogens with one attached hydrogen (secondary N) is 1. The number of hydrogen-bond donors (Lipinski definition) is 3. The summed E-state index contributed by atoms with van der Waals surface area (Å²) >= 11 is 0. The third-order valence-electron chi connectivity index (χ3n) is 3.63. The number of rotatable bonds is 15. The van der Waals surface area contributed by atoms with Gasteiger partial charge in [-0.3, -0.25) is 0 Å². The van der Waals surface area contributed by atoms with Gasteiger partial charge < -0.3 is 25.4 Å². The smallest absolute Gasteiger partial charge is 0.0779 e. The third-order valence-corrected chi connectivity index (χ3v) is 3.63. The van der Waals surface area contributed by atoms with Crippen LogP contribution in [0, 0.1) is 5.21 Å². The minimum absolute atomic E-state index is 0.128. The van der Waals surface area contributed by atoms with Gasteiger partial charge in [0.05, 0.1) is 33.9 Å². The van der Waals surface area contributed by atoms with Crippen molar-refractivity contribution in [3.8, 4) is 0 Å². The Morgan fingerprint density at radius 2 is 1.13 bits per heavy atom. The molecule has 0 rings (SSSR count). The summed E-state index contributed by atoms with van der Waals surface area (Å²) in [4.78, 5) is 0. The molecule has 0 aromatic rings. The second-order valence-corrected chi connectivity index (χ2v) is 6.68. The quantitative estimate of drug-likeness (QED) is 0.244. The largest absolute Gasteiger partial charge is 0.633 e. The molecule has 0 aromatic heterocycles. The Morgan fingerprint density at radius 1 is 0.739 bits per heavy atom. The van der Waals surface area contributed by atoms with Gasteiger partial charge in [-0.15, -0.1) is 0 Å². The van der Waals surface area contributed by atoms with Gasteiger partial charge in [-0.05, 0) is 12.8 Å². The van der Waals surface area contributed by atoms with Crippen molar-refractivity contribution in [2.75, 3.05) is 46.9 Å². The van der Waals surface area contributed by atoms with E-state index in [1.54, 1.807) is 14.1 Å². The lowest BCUT2D eigenvalue weighted by atomic mass is 10.1. The number of quaternary nitrogens is 1. The molecule has 0 amide bonds. The Morgan fingerprint density at radius 3 is 1.48 bits per heavy atom. The molecular formula is C18H42N2O3. The number of hydroxylamine groups is 3. The summed E-state index contributed by atoms with van der Waals surface area (Å²) in [6, 6.07) is 0. The average molecular weight is 335 g/mol. The van der Waals surface area contributed by atoms with Crippen LogP contribution in [0.4, 0.5) is 0 Å². The maximum atomic E-state index is 11.3.